The number of methoxy groups -OCH3 is 1. The number of aromatic nitrogens is 2. The van der Waals surface area contributed by atoms with Gasteiger partial charge in [-0.05, 0) is 86.2 Å². The first kappa shape index (κ1) is 32.0. The third kappa shape index (κ3) is 6.64. The lowest BCUT2D eigenvalue weighted by atomic mass is 9.86. The van der Waals surface area contributed by atoms with Crippen molar-refractivity contribution in [3.8, 4) is 17.1 Å². The largest absolute Gasteiger partial charge is 0.481 e. The number of fused-ring (bicyclic) bond motifs is 1. The maximum Gasteiger partial charge on any atom is 0.328 e. The number of carboxylic acids is 1. The first-order chi connectivity index (χ1) is 22.7. The highest BCUT2D eigenvalue weighted by atomic mass is 16.5. The van der Waals surface area contributed by atoms with Crippen molar-refractivity contribution in [3.05, 3.63) is 83.6 Å². The van der Waals surface area contributed by atoms with E-state index in [0.717, 1.165) is 41.1 Å². The van der Waals surface area contributed by atoms with Gasteiger partial charge in [0.1, 0.15) is 5.54 Å². The van der Waals surface area contributed by atoms with Crippen molar-refractivity contribution >= 4 is 40.4 Å². The zero-order chi connectivity index (χ0) is 33.1. The van der Waals surface area contributed by atoms with Gasteiger partial charge >= 0.3 is 5.97 Å². The molecule has 1 saturated heterocycles. The molecule has 0 bridgehead atoms. The smallest absolute Gasteiger partial charge is 0.328 e. The molecule has 0 unspecified atom stereocenters. The Balaban J connectivity index is 1.30. The second-order valence-corrected chi connectivity index (χ2v) is 12.7. The van der Waals surface area contributed by atoms with E-state index in [4.69, 9.17) is 9.84 Å². The van der Waals surface area contributed by atoms with Gasteiger partial charge < -0.3 is 29.9 Å². The Morgan fingerprint density at radius 2 is 1.72 bits per heavy atom. The molecule has 1 aliphatic carbocycles. The number of piperidine rings is 1. The fourth-order valence-corrected chi connectivity index (χ4v) is 7.02. The molecule has 0 atom stereocenters. The van der Waals surface area contributed by atoms with Crippen LogP contribution >= 0.6 is 0 Å². The Labute approximate surface area is 274 Å². The summed E-state index contributed by atoms with van der Waals surface area (Å²) in [5, 5.41) is 16.2. The number of carbonyl (C=O) groups is 3. The van der Waals surface area contributed by atoms with Crippen LogP contribution in [0.1, 0.15) is 65.9 Å². The molecule has 3 N–H and O–H groups in total. The molecule has 47 heavy (non-hydrogen) atoms. The molecule has 4 aromatic rings. The molecule has 3 heterocycles. The topological polar surface area (TPSA) is 126 Å². The molecule has 2 fully saturated rings. The van der Waals surface area contributed by atoms with Gasteiger partial charge in [-0.15, -0.1) is 0 Å². The van der Waals surface area contributed by atoms with Gasteiger partial charge in [0, 0.05) is 66.2 Å². The van der Waals surface area contributed by atoms with Crippen LogP contribution < -0.4 is 15.4 Å². The summed E-state index contributed by atoms with van der Waals surface area (Å²) in [5.41, 5.74) is 5.05. The van der Waals surface area contributed by atoms with Crippen molar-refractivity contribution in [2.75, 3.05) is 32.6 Å². The summed E-state index contributed by atoms with van der Waals surface area (Å²) in [7, 11) is 5.65. The zero-order valence-corrected chi connectivity index (χ0v) is 27.1. The van der Waals surface area contributed by atoms with Gasteiger partial charge in [0.25, 0.3) is 5.91 Å². The minimum atomic E-state index is -1.09. The molecule has 2 aliphatic rings. The average molecular weight is 636 g/mol. The number of carbonyl (C=O) groups excluding carboxylic acids is 2. The van der Waals surface area contributed by atoms with Crippen molar-refractivity contribution in [3.63, 3.8) is 0 Å². The molecule has 10 heteroatoms. The Morgan fingerprint density at radius 3 is 2.36 bits per heavy atom. The molecule has 244 valence electrons. The van der Waals surface area contributed by atoms with Gasteiger partial charge in [-0.1, -0.05) is 31.0 Å². The van der Waals surface area contributed by atoms with Crippen molar-refractivity contribution in [1.29, 1.82) is 0 Å². The predicted molar refractivity (Wildman–Crippen MR) is 183 cm³/mol. The number of nitrogens with zero attached hydrogens (tertiary/aromatic N) is 3. The van der Waals surface area contributed by atoms with E-state index in [-0.39, 0.29) is 11.8 Å². The number of aliphatic carboxylic acids is 1. The summed E-state index contributed by atoms with van der Waals surface area (Å²) in [6, 6.07) is 16.7. The molecule has 1 aliphatic heterocycles. The number of benzene rings is 2. The van der Waals surface area contributed by atoms with Crippen molar-refractivity contribution < 1.29 is 24.2 Å². The molecular weight excluding hydrogens is 594 g/mol. The van der Waals surface area contributed by atoms with E-state index in [0.29, 0.717) is 54.5 Å². The predicted octanol–water partition coefficient (Wildman–Crippen LogP) is 5.84. The molecule has 0 spiro atoms. The summed E-state index contributed by atoms with van der Waals surface area (Å²) >= 11 is 0. The molecular formula is C37H41N5O5. The highest BCUT2D eigenvalue weighted by Crippen LogP contribution is 2.44. The Bertz CT molecular complexity index is 1810. The van der Waals surface area contributed by atoms with E-state index >= 15 is 0 Å². The number of aryl methyl sites for hydroxylation is 1. The number of carboxylic acid groups (broad SMARTS) is 1. The van der Waals surface area contributed by atoms with E-state index in [1.165, 1.54) is 24.5 Å². The normalized spacial score (nSPS) is 16.8. The van der Waals surface area contributed by atoms with Gasteiger partial charge in [-0.2, -0.15) is 0 Å². The second kappa shape index (κ2) is 13.4. The lowest BCUT2D eigenvalue weighted by Crippen LogP contribution is -2.61. The van der Waals surface area contributed by atoms with Crippen molar-refractivity contribution in [2.24, 2.45) is 7.05 Å². The number of pyridine rings is 1. The molecule has 0 radical (unpaired) electrons. The molecule has 1 saturated carbocycles. The Hall–Kier alpha value is -4.96. The summed E-state index contributed by atoms with van der Waals surface area (Å²) < 4.78 is 7.46. The van der Waals surface area contributed by atoms with Crippen LogP contribution in [0, 0.1) is 0 Å². The van der Waals surface area contributed by atoms with E-state index in [2.05, 4.69) is 31.2 Å². The monoisotopic (exact) mass is 635 g/mol. The number of likely N-dealkylation sites (tertiary alicyclic amines) is 1. The molecule has 2 amide bonds. The zero-order valence-electron chi connectivity index (χ0n) is 27.1. The molecule has 2 aromatic carbocycles. The lowest BCUT2D eigenvalue weighted by Gasteiger charge is -2.40. The van der Waals surface area contributed by atoms with Gasteiger partial charge in [0.05, 0.1) is 12.8 Å². The van der Waals surface area contributed by atoms with Gasteiger partial charge in [-0.25, -0.2) is 9.78 Å². The maximum absolute atomic E-state index is 14.0. The number of hydrogen-bond donors (Lipinski definition) is 3. The highest BCUT2D eigenvalue weighted by Gasteiger charge is 2.42. The number of anilines is 1. The molecule has 2 aromatic heterocycles. The van der Waals surface area contributed by atoms with Crippen LogP contribution in [0.15, 0.2) is 66.9 Å². The summed E-state index contributed by atoms with van der Waals surface area (Å²) in [6.45, 7) is 1.32. The average Bonchev–Trinajstić information content (AvgIpc) is 3.71. The summed E-state index contributed by atoms with van der Waals surface area (Å²) in [4.78, 5) is 45.3. The SMILES string of the molecule is COc1ccc(-c2c(C3CCCC3)c3ccc(C(=O)NC4(C(=O)Nc5ccc(/C=C/C(=O)O)cc5)CCN(C)CC4)cc3n2C)cn1. The Morgan fingerprint density at radius 1 is 1.00 bits per heavy atom. The number of amides is 2. The van der Waals surface area contributed by atoms with Crippen LogP contribution in [0.4, 0.5) is 5.69 Å². The summed E-state index contributed by atoms with van der Waals surface area (Å²) in [5.74, 6) is -0.602. The molecule has 10 nitrogen and oxygen atoms in total. The van der Waals surface area contributed by atoms with Crippen LogP contribution in [-0.2, 0) is 16.6 Å². The second-order valence-electron chi connectivity index (χ2n) is 12.7. The third-order valence-corrected chi connectivity index (χ3v) is 9.70. The van der Waals surface area contributed by atoms with Gasteiger partial charge in [-0.3, -0.25) is 9.59 Å². The number of nitrogens with one attached hydrogen (secondary N) is 2. The van der Waals surface area contributed by atoms with E-state index in [1.807, 2.05) is 44.6 Å². The third-order valence-electron chi connectivity index (χ3n) is 9.70. The Kier molecular flexibility index (Phi) is 9.13. The van der Waals surface area contributed by atoms with Crippen LogP contribution in [0.25, 0.3) is 28.2 Å². The first-order valence-electron chi connectivity index (χ1n) is 16.1. The van der Waals surface area contributed by atoms with Gasteiger partial charge in [0.2, 0.25) is 11.8 Å². The standard InChI is InChI=1S/C37H41N5O5/c1-41-20-18-37(19-21-41,36(46)39-28-13-8-24(9-14-28)10-17-32(43)44)40-35(45)26-11-15-29-30(22-26)42(2)34(33(29)25-6-4-5-7-25)27-12-16-31(47-3)38-23-27/h8-17,22-23,25H,4-7,18-21H2,1-3H3,(H,39,46)(H,40,45)(H,43,44)/b17-10+. The van der Waals surface area contributed by atoms with Crippen molar-refractivity contribution in [1.82, 2.24) is 19.8 Å². The van der Waals surface area contributed by atoms with E-state index < -0.39 is 11.5 Å². The first-order valence-corrected chi connectivity index (χ1v) is 16.1. The summed E-state index contributed by atoms with van der Waals surface area (Å²) in [6.07, 6.45) is 10.0. The fourth-order valence-electron chi connectivity index (χ4n) is 7.02. The van der Waals surface area contributed by atoms with E-state index in [1.54, 1.807) is 31.4 Å². The molecule has 6 rings (SSSR count). The van der Waals surface area contributed by atoms with E-state index in [9.17, 15) is 14.4 Å². The quantitative estimate of drug-likeness (QED) is 0.198. The van der Waals surface area contributed by atoms with Gasteiger partial charge in [0.15, 0.2) is 0 Å². The number of ether oxygens (including phenoxy) is 1. The van der Waals surface area contributed by atoms with Crippen molar-refractivity contribution in [2.45, 2.75) is 50.0 Å². The lowest BCUT2D eigenvalue weighted by molar-refractivity contribution is -0.131. The highest BCUT2D eigenvalue weighted by molar-refractivity contribution is 6.05. The van der Waals surface area contributed by atoms with Crippen LogP contribution in [-0.4, -0.2) is 70.1 Å². The minimum Gasteiger partial charge on any atom is -0.481 e. The maximum atomic E-state index is 14.0. The van der Waals surface area contributed by atoms with Crippen LogP contribution in [0.3, 0.4) is 0 Å². The number of hydrogen-bond acceptors (Lipinski definition) is 6. The number of rotatable bonds is 9. The minimum absolute atomic E-state index is 0.273. The van der Waals surface area contributed by atoms with Crippen LogP contribution in [0.2, 0.25) is 0 Å². The fraction of sp³-hybridized carbons (Fsp3) is 0.351. The van der Waals surface area contributed by atoms with Crippen LogP contribution in [0.5, 0.6) is 5.88 Å².